The van der Waals surface area contributed by atoms with Crippen LogP contribution in [0.3, 0.4) is 0 Å². The molecule has 6 heteroatoms. The number of ether oxygens (including phenoxy) is 2. The van der Waals surface area contributed by atoms with Crippen LogP contribution in [0, 0.1) is 17.7 Å². The Morgan fingerprint density at radius 2 is 2.04 bits per heavy atom. The first-order chi connectivity index (χ1) is 12.9. The van der Waals surface area contributed by atoms with Crippen LogP contribution in [0.2, 0.25) is 0 Å². The summed E-state index contributed by atoms with van der Waals surface area (Å²) < 4.78 is 25.2. The van der Waals surface area contributed by atoms with Gasteiger partial charge in [0.05, 0.1) is 25.7 Å². The number of hydrogen-bond acceptors (Lipinski definition) is 4. The summed E-state index contributed by atoms with van der Waals surface area (Å²) in [6, 6.07) is 11.9. The Morgan fingerprint density at radius 1 is 1.30 bits per heavy atom. The van der Waals surface area contributed by atoms with Gasteiger partial charge in [-0.2, -0.15) is 0 Å². The van der Waals surface area contributed by atoms with Gasteiger partial charge in [-0.15, -0.1) is 0 Å². The number of carbonyl (C=O) groups is 1. The Labute approximate surface area is 157 Å². The molecule has 2 N–H and O–H groups in total. The van der Waals surface area contributed by atoms with Crippen molar-refractivity contribution < 1.29 is 28.9 Å². The molecule has 1 fully saturated rings. The summed E-state index contributed by atoms with van der Waals surface area (Å²) in [6.45, 7) is 1.88. The summed E-state index contributed by atoms with van der Waals surface area (Å²) in [4.78, 5) is 11.0. The first-order valence-electron chi connectivity index (χ1n) is 8.88. The highest BCUT2D eigenvalue weighted by Gasteiger charge is 2.41. The molecule has 0 radical (unpaired) electrons. The van der Waals surface area contributed by atoms with Crippen molar-refractivity contribution in [2.75, 3.05) is 13.7 Å². The van der Waals surface area contributed by atoms with E-state index in [2.05, 4.69) is 0 Å². The van der Waals surface area contributed by atoms with Crippen molar-refractivity contribution in [3.05, 3.63) is 59.4 Å². The van der Waals surface area contributed by atoms with Gasteiger partial charge in [0.15, 0.2) is 11.6 Å². The van der Waals surface area contributed by atoms with Gasteiger partial charge >= 0.3 is 5.97 Å². The Hall–Kier alpha value is -2.60. The topological polar surface area (TPSA) is 76.0 Å². The highest BCUT2D eigenvalue weighted by Crippen LogP contribution is 2.49. The minimum absolute atomic E-state index is 0.0981. The molecule has 2 aromatic carbocycles. The van der Waals surface area contributed by atoms with E-state index >= 15 is 0 Å². The highest BCUT2D eigenvalue weighted by molar-refractivity contribution is 5.70. The Bertz CT molecular complexity index is 822. The zero-order valence-electron chi connectivity index (χ0n) is 15.3. The van der Waals surface area contributed by atoms with Crippen molar-refractivity contribution in [2.45, 2.75) is 25.4 Å². The number of methoxy groups -OCH3 is 1. The van der Waals surface area contributed by atoms with Crippen LogP contribution in [0.15, 0.2) is 42.5 Å². The summed E-state index contributed by atoms with van der Waals surface area (Å²) in [5, 5.41) is 19.2. The van der Waals surface area contributed by atoms with Gasteiger partial charge in [-0.1, -0.05) is 24.3 Å². The summed E-state index contributed by atoms with van der Waals surface area (Å²) >= 11 is 0. The quantitative estimate of drug-likeness (QED) is 0.736. The van der Waals surface area contributed by atoms with Crippen LogP contribution in [0.25, 0.3) is 0 Å². The molecular weight excluding hydrogens is 351 g/mol. The average molecular weight is 374 g/mol. The van der Waals surface area contributed by atoms with Crippen LogP contribution in [-0.4, -0.2) is 29.9 Å². The molecule has 5 nitrogen and oxygen atoms in total. The fourth-order valence-electron chi connectivity index (χ4n) is 3.20. The van der Waals surface area contributed by atoms with Crippen LogP contribution >= 0.6 is 0 Å². The second-order valence-electron chi connectivity index (χ2n) is 6.92. The monoisotopic (exact) mass is 374 g/mol. The minimum Gasteiger partial charge on any atom is -0.494 e. The second kappa shape index (κ2) is 7.96. The molecule has 0 heterocycles. The van der Waals surface area contributed by atoms with E-state index in [0.717, 1.165) is 6.42 Å². The Balaban J connectivity index is 1.61. The van der Waals surface area contributed by atoms with E-state index < -0.39 is 18.0 Å². The van der Waals surface area contributed by atoms with Crippen LogP contribution in [0.5, 0.6) is 11.5 Å². The number of hydrogen-bond donors (Lipinski definition) is 2. The van der Waals surface area contributed by atoms with Crippen molar-refractivity contribution in [3.63, 3.8) is 0 Å². The van der Waals surface area contributed by atoms with E-state index in [-0.39, 0.29) is 23.4 Å². The maximum Gasteiger partial charge on any atom is 0.309 e. The van der Waals surface area contributed by atoms with Gasteiger partial charge in [-0.05, 0) is 48.6 Å². The van der Waals surface area contributed by atoms with Gasteiger partial charge in [0, 0.05) is 5.92 Å². The molecule has 0 bridgehead atoms. The van der Waals surface area contributed by atoms with E-state index in [1.54, 1.807) is 42.5 Å². The van der Waals surface area contributed by atoms with Crippen molar-refractivity contribution >= 4 is 5.97 Å². The molecule has 1 aliphatic carbocycles. The molecule has 0 aromatic heterocycles. The van der Waals surface area contributed by atoms with Gasteiger partial charge in [0.2, 0.25) is 0 Å². The third-order valence-electron chi connectivity index (χ3n) is 5.06. The number of aliphatic hydroxyl groups excluding tert-OH is 1. The molecule has 0 spiro atoms. The molecule has 0 amide bonds. The largest absolute Gasteiger partial charge is 0.494 e. The third-order valence-corrected chi connectivity index (χ3v) is 5.06. The maximum absolute atomic E-state index is 14.3. The normalized spacial score (nSPS) is 20.6. The molecule has 0 unspecified atom stereocenters. The number of rotatable bonds is 8. The first-order valence-corrected chi connectivity index (χ1v) is 8.88. The van der Waals surface area contributed by atoms with Gasteiger partial charge in [-0.25, -0.2) is 4.39 Å². The number of carboxylic acid groups (broad SMARTS) is 1. The van der Waals surface area contributed by atoms with E-state index in [4.69, 9.17) is 14.6 Å². The number of aliphatic carboxylic acids is 1. The third kappa shape index (κ3) is 4.22. The van der Waals surface area contributed by atoms with Crippen molar-refractivity contribution in [3.8, 4) is 11.5 Å². The average Bonchev–Trinajstić information content (AvgIpc) is 3.45. The Morgan fingerprint density at radius 3 is 2.74 bits per heavy atom. The summed E-state index contributed by atoms with van der Waals surface area (Å²) in [5.74, 6) is -1.19. The number of halogens is 1. The van der Waals surface area contributed by atoms with Crippen LogP contribution in [0.1, 0.15) is 36.5 Å². The zero-order chi connectivity index (χ0) is 19.6. The molecular formula is C21H23FO5. The molecule has 2 aromatic rings. The smallest absolute Gasteiger partial charge is 0.309 e. The van der Waals surface area contributed by atoms with Crippen LogP contribution < -0.4 is 9.47 Å². The van der Waals surface area contributed by atoms with Gasteiger partial charge in [0.25, 0.3) is 0 Å². The molecule has 0 aliphatic heterocycles. The number of benzene rings is 2. The second-order valence-corrected chi connectivity index (χ2v) is 6.92. The minimum atomic E-state index is -1.11. The SMILES string of the molecule is COc1cccc([C@H]2C[C@@H]2COc2cccc([C@H](O)[C@H](C)C(=O)O)c2)c1F. The summed E-state index contributed by atoms with van der Waals surface area (Å²) in [6.07, 6.45) is -0.270. The van der Waals surface area contributed by atoms with Crippen molar-refractivity contribution in [2.24, 2.45) is 11.8 Å². The van der Waals surface area contributed by atoms with Gasteiger partial charge in [0.1, 0.15) is 5.75 Å². The van der Waals surface area contributed by atoms with E-state index in [9.17, 15) is 14.3 Å². The highest BCUT2D eigenvalue weighted by atomic mass is 19.1. The summed E-state index contributed by atoms with van der Waals surface area (Å²) in [7, 11) is 1.45. The maximum atomic E-state index is 14.3. The van der Waals surface area contributed by atoms with Crippen LogP contribution in [-0.2, 0) is 4.79 Å². The van der Waals surface area contributed by atoms with E-state index in [1.807, 2.05) is 0 Å². The van der Waals surface area contributed by atoms with E-state index in [0.29, 0.717) is 23.5 Å². The molecule has 4 atom stereocenters. The fourth-order valence-corrected chi connectivity index (χ4v) is 3.20. The Kier molecular flexibility index (Phi) is 5.65. The lowest BCUT2D eigenvalue weighted by Gasteiger charge is -2.16. The molecule has 3 rings (SSSR count). The molecule has 144 valence electrons. The number of aliphatic hydroxyl groups is 1. The van der Waals surface area contributed by atoms with Gasteiger partial charge in [-0.3, -0.25) is 4.79 Å². The van der Waals surface area contributed by atoms with E-state index in [1.165, 1.54) is 14.0 Å². The van der Waals surface area contributed by atoms with Crippen molar-refractivity contribution in [1.82, 2.24) is 0 Å². The zero-order valence-corrected chi connectivity index (χ0v) is 15.3. The molecule has 0 saturated heterocycles. The predicted molar refractivity (Wildman–Crippen MR) is 97.5 cm³/mol. The lowest BCUT2D eigenvalue weighted by Crippen LogP contribution is -2.18. The van der Waals surface area contributed by atoms with Crippen LogP contribution in [0.4, 0.5) is 4.39 Å². The lowest BCUT2D eigenvalue weighted by molar-refractivity contribution is -0.145. The lowest BCUT2D eigenvalue weighted by atomic mass is 9.97. The summed E-state index contributed by atoms with van der Waals surface area (Å²) in [5.41, 5.74) is 1.14. The predicted octanol–water partition coefficient (Wildman–Crippen LogP) is 3.77. The number of carboxylic acids is 1. The molecule has 1 aliphatic rings. The molecule has 27 heavy (non-hydrogen) atoms. The standard InChI is InChI=1S/C21H23FO5/c1-12(21(24)25)20(23)13-5-3-6-15(9-13)27-11-14-10-17(14)16-7-4-8-18(26-2)19(16)22/h3-9,12,14,17,20,23H,10-11H2,1-2H3,(H,24,25)/t12-,14+,17-,20+/m0/s1. The molecule has 1 saturated carbocycles. The van der Waals surface area contributed by atoms with Gasteiger partial charge < -0.3 is 19.7 Å². The fraction of sp³-hybridized carbons (Fsp3) is 0.381. The first kappa shape index (κ1) is 19.2. The van der Waals surface area contributed by atoms with Crippen molar-refractivity contribution in [1.29, 1.82) is 0 Å².